The molecule has 3 N–H and O–H groups in total. The fraction of sp³-hybridized carbons (Fsp3) is 0.889. The number of nitrogens with two attached hydrogens (primary N) is 1. The van der Waals surface area contributed by atoms with E-state index in [1.165, 1.54) is 0 Å². The van der Waals surface area contributed by atoms with Gasteiger partial charge in [0, 0.05) is 26.2 Å². The Morgan fingerprint density at radius 2 is 2.00 bits per heavy atom. The van der Waals surface area contributed by atoms with Crippen molar-refractivity contribution >= 4 is 5.91 Å². The number of likely N-dealkylation sites (N-methyl/N-ethyl adjacent to an activating group) is 1. The number of rotatable bonds is 3. The summed E-state index contributed by atoms with van der Waals surface area (Å²) < 4.78 is 0. The molecule has 0 bridgehead atoms. The van der Waals surface area contributed by atoms with E-state index in [-0.39, 0.29) is 11.9 Å². The topological polar surface area (TPSA) is 61.6 Å². The Bertz CT molecular complexity index is 189. The van der Waals surface area contributed by atoms with Crippen LogP contribution in [0.5, 0.6) is 0 Å². The van der Waals surface area contributed by atoms with Gasteiger partial charge in [-0.2, -0.15) is 0 Å². The minimum atomic E-state index is -0.0722. The first-order valence-electron chi connectivity index (χ1n) is 5.12. The molecule has 1 saturated heterocycles. The average Bonchev–Trinajstić information content (AvgIpc) is 2.21. The highest BCUT2D eigenvalue weighted by atomic mass is 16.2. The third-order valence-electron chi connectivity index (χ3n) is 2.81. The number of hydrogen-bond acceptors (Lipinski definition) is 4. The maximum absolute atomic E-state index is 11.4. The summed E-state index contributed by atoms with van der Waals surface area (Å²) in [5, 5.41) is 0. The molecular formula is C9H20N4O. The van der Waals surface area contributed by atoms with Crippen molar-refractivity contribution in [1.29, 1.82) is 0 Å². The molecule has 0 aromatic heterocycles. The summed E-state index contributed by atoms with van der Waals surface area (Å²) in [6, 6.07) is -0.0614. The van der Waals surface area contributed by atoms with Gasteiger partial charge in [0.25, 0.3) is 5.91 Å². The van der Waals surface area contributed by atoms with E-state index >= 15 is 0 Å². The van der Waals surface area contributed by atoms with E-state index < -0.39 is 0 Å². The second kappa shape index (κ2) is 5.29. The molecule has 0 aromatic carbocycles. The minimum absolute atomic E-state index is 0.0614. The predicted octanol–water partition coefficient (Wildman–Crippen LogP) is -0.998. The molecule has 1 atom stereocenters. The molecule has 5 nitrogen and oxygen atoms in total. The molecular weight excluding hydrogens is 180 g/mol. The number of nitrogens with zero attached hydrogens (tertiary/aromatic N) is 2. The lowest BCUT2D eigenvalue weighted by Crippen LogP contribution is -2.54. The minimum Gasteiger partial charge on any atom is -0.304 e. The number of nitrogens with one attached hydrogen (secondary N) is 1. The van der Waals surface area contributed by atoms with Crippen molar-refractivity contribution in [2.45, 2.75) is 19.4 Å². The molecule has 0 unspecified atom stereocenters. The standard InChI is InChI=1S/C9H20N4O/c1-3-8(9(14)11-10)13-6-4-12(2)5-7-13/h8H,3-7,10H2,1-2H3,(H,11,14)/t8-/m1/s1. The largest absolute Gasteiger partial charge is 0.304 e. The van der Waals surface area contributed by atoms with Crippen LogP contribution < -0.4 is 11.3 Å². The third kappa shape index (κ3) is 2.67. The van der Waals surface area contributed by atoms with E-state index in [1.54, 1.807) is 0 Å². The first kappa shape index (κ1) is 11.4. The lowest BCUT2D eigenvalue weighted by atomic mass is 10.1. The van der Waals surface area contributed by atoms with Crippen LogP contribution in [-0.2, 0) is 4.79 Å². The Kier molecular flexibility index (Phi) is 4.31. The van der Waals surface area contributed by atoms with Crippen molar-refractivity contribution < 1.29 is 4.79 Å². The first-order chi connectivity index (χ1) is 6.69. The van der Waals surface area contributed by atoms with E-state index in [2.05, 4.69) is 22.3 Å². The molecule has 0 radical (unpaired) electrons. The van der Waals surface area contributed by atoms with Crippen LogP contribution in [0.4, 0.5) is 0 Å². The maximum Gasteiger partial charge on any atom is 0.251 e. The predicted molar refractivity (Wildman–Crippen MR) is 55.5 cm³/mol. The second-order valence-corrected chi connectivity index (χ2v) is 3.77. The Morgan fingerprint density at radius 3 is 2.43 bits per heavy atom. The summed E-state index contributed by atoms with van der Waals surface area (Å²) in [6.07, 6.45) is 0.812. The van der Waals surface area contributed by atoms with Gasteiger partial charge in [0.15, 0.2) is 0 Å². The number of piperazine rings is 1. The molecule has 1 fully saturated rings. The van der Waals surface area contributed by atoms with Gasteiger partial charge in [-0.3, -0.25) is 15.1 Å². The SMILES string of the molecule is CC[C@H](C(=O)NN)N1CCN(C)CC1. The molecule has 0 aromatic rings. The second-order valence-electron chi connectivity index (χ2n) is 3.77. The van der Waals surface area contributed by atoms with E-state index in [0.29, 0.717) is 0 Å². The summed E-state index contributed by atoms with van der Waals surface area (Å²) >= 11 is 0. The zero-order valence-corrected chi connectivity index (χ0v) is 8.99. The van der Waals surface area contributed by atoms with E-state index in [1.807, 2.05) is 6.92 Å². The fourth-order valence-electron chi connectivity index (χ4n) is 1.84. The highest BCUT2D eigenvalue weighted by Gasteiger charge is 2.25. The fourth-order valence-corrected chi connectivity index (χ4v) is 1.84. The Labute approximate surface area is 85.2 Å². The monoisotopic (exact) mass is 200 g/mol. The van der Waals surface area contributed by atoms with Crippen molar-refractivity contribution in [2.24, 2.45) is 5.84 Å². The molecule has 82 valence electrons. The number of amides is 1. The summed E-state index contributed by atoms with van der Waals surface area (Å²) in [5.41, 5.74) is 2.23. The third-order valence-corrected chi connectivity index (χ3v) is 2.81. The van der Waals surface area contributed by atoms with Crippen molar-refractivity contribution in [1.82, 2.24) is 15.2 Å². The highest BCUT2D eigenvalue weighted by Crippen LogP contribution is 2.08. The van der Waals surface area contributed by atoms with Crippen LogP contribution in [0.2, 0.25) is 0 Å². The summed E-state index contributed by atoms with van der Waals surface area (Å²) in [4.78, 5) is 15.9. The van der Waals surface area contributed by atoms with Crippen LogP contribution in [0.3, 0.4) is 0 Å². The van der Waals surface area contributed by atoms with Gasteiger partial charge in [-0.1, -0.05) is 6.92 Å². The van der Waals surface area contributed by atoms with Crippen LogP contribution in [0, 0.1) is 0 Å². The van der Waals surface area contributed by atoms with Crippen LogP contribution in [-0.4, -0.2) is 55.0 Å². The van der Waals surface area contributed by atoms with Gasteiger partial charge < -0.3 is 4.90 Å². The van der Waals surface area contributed by atoms with Crippen LogP contribution in [0.25, 0.3) is 0 Å². The van der Waals surface area contributed by atoms with Crippen molar-refractivity contribution in [3.05, 3.63) is 0 Å². The molecule has 0 saturated carbocycles. The summed E-state index contributed by atoms with van der Waals surface area (Å²) in [7, 11) is 2.10. The molecule has 1 aliphatic heterocycles. The van der Waals surface area contributed by atoms with Gasteiger partial charge >= 0.3 is 0 Å². The Hall–Kier alpha value is -0.650. The number of carbonyl (C=O) groups excluding carboxylic acids is 1. The molecule has 0 spiro atoms. The summed E-state index contributed by atoms with van der Waals surface area (Å²) in [6.45, 7) is 5.95. The maximum atomic E-state index is 11.4. The van der Waals surface area contributed by atoms with Crippen LogP contribution in [0.15, 0.2) is 0 Å². The molecule has 1 amide bonds. The van der Waals surface area contributed by atoms with E-state index in [4.69, 9.17) is 5.84 Å². The van der Waals surface area contributed by atoms with Gasteiger partial charge in [-0.15, -0.1) is 0 Å². The van der Waals surface area contributed by atoms with Gasteiger partial charge in [0.05, 0.1) is 6.04 Å². The Balaban J connectivity index is 2.48. The smallest absolute Gasteiger partial charge is 0.251 e. The van der Waals surface area contributed by atoms with Gasteiger partial charge in [0.1, 0.15) is 0 Å². The van der Waals surface area contributed by atoms with Crippen molar-refractivity contribution in [3.63, 3.8) is 0 Å². The Morgan fingerprint density at radius 1 is 1.43 bits per heavy atom. The highest BCUT2D eigenvalue weighted by molar-refractivity contribution is 5.81. The molecule has 1 rings (SSSR count). The first-order valence-corrected chi connectivity index (χ1v) is 5.12. The van der Waals surface area contributed by atoms with Gasteiger partial charge in [-0.05, 0) is 13.5 Å². The van der Waals surface area contributed by atoms with Gasteiger partial charge in [-0.25, -0.2) is 5.84 Å². The quantitative estimate of drug-likeness (QED) is 0.348. The molecule has 14 heavy (non-hydrogen) atoms. The molecule has 1 aliphatic rings. The van der Waals surface area contributed by atoms with Crippen molar-refractivity contribution in [2.75, 3.05) is 33.2 Å². The zero-order valence-electron chi connectivity index (χ0n) is 8.99. The lowest BCUT2D eigenvalue weighted by Gasteiger charge is -2.36. The molecule has 1 heterocycles. The average molecular weight is 200 g/mol. The zero-order chi connectivity index (χ0) is 10.6. The number of hydrogen-bond donors (Lipinski definition) is 2. The summed E-state index contributed by atoms with van der Waals surface area (Å²) in [5.74, 6) is 5.07. The van der Waals surface area contributed by atoms with E-state index in [0.717, 1.165) is 32.6 Å². The molecule has 5 heteroatoms. The van der Waals surface area contributed by atoms with Crippen LogP contribution >= 0.6 is 0 Å². The van der Waals surface area contributed by atoms with Gasteiger partial charge in [0.2, 0.25) is 0 Å². The number of hydrazine groups is 1. The van der Waals surface area contributed by atoms with Crippen LogP contribution in [0.1, 0.15) is 13.3 Å². The molecule has 0 aliphatic carbocycles. The normalized spacial score (nSPS) is 21.9. The number of carbonyl (C=O) groups is 1. The van der Waals surface area contributed by atoms with Crippen molar-refractivity contribution in [3.8, 4) is 0 Å². The van der Waals surface area contributed by atoms with E-state index in [9.17, 15) is 4.79 Å². The lowest BCUT2D eigenvalue weighted by molar-refractivity contribution is -0.127.